The summed E-state index contributed by atoms with van der Waals surface area (Å²) in [7, 11) is -4.32. The maximum absolute atomic E-state index is 12.8. The highest BCUT2D eigenvalue weighted by atomic mass is 32.2. The van der Waals surface area contributed by atoms with E-state index in [2.05, 4.69) is 4.72 Å². The normalized spacial score (nSPS) is 12.1. The monoisotopic (exact) mass is 407 g/mol. The summed E-state index contributed by atoms with van der Waals surface area (Å²) >= 11 is 1.01. The Balaban J connectivity index is 2.45. The van der Waals surface area contributed by atoms with E-state index in [-0.39, 0.29) is 17.2 Å². The van der Waals surface area contributed by atoms with Crippen molar-refractivity contribution in [2.45, 2.75) is 31.8 Å². The van der Waals surface area contributed by atoms with Gasteiger partial charge in [0.2, 0.25) is 0 Å². The molecule has 0 amide bonds. The molecule has 142 valence electrons. The second kappa shape index (κ2) is 7.28. The molecule has 0 atom stereocenters. The number of nitrogens with one attached hydrogen (secondary N) is 1. The number of thiophene rings is 1. The number of esters is 1. The van der Waals surface area contributed by atoms with Crippen molar-refractivity contribution in [1.82, 2.24) is 0 Å². The van der Waals surface area contributed by atoms with Crippen LogP contribution < -0.4 is 4.72 Å². The summed E-state index contributed by atoms with van der Waals surface area (Å²) < 4.78 is 70.6. The molecule has 1 aromatic carbocycles. The molecule has 1 aromatic heterocycles. The summed E-state index contributed by atoms with van der Waals surface area (Å²) in [6.45, 7) is 5.05. The maximum atomic E-state index is 12.8. The molecule has 0 bridgehead atoms. The van der Waals surface area contributed by atoms with Crippen molar-refractivity contribution in [1.29, 1.82) is 0 Å². The molecular formula is C16H16F3NO4S2. The highest BCUT2D eigenvalue weighted by molar-refractivity contribution is 7.93. The number of ether oxygens (including phenoxy) is 1. The van der Waals surface area contributed by atoms with E-state index in [4.69, 9.17) is 4.74 Å². The van der Waals surface area contributed by atoms with Gasteiger partial charge in [-0.15, -0.1) is 11.3 Å². The highest BCUT2D eigenvalue weighted by Crippen LogP contribution is 2.35. The minimum absolute atomic E-state index is 0.0101. The number of hydrogen-bond acceptors (Lipinski definition) is 5. The van der Waals surface area contributed by atoms with Crippen LogP contribution in [0, 0.1) is 13.8 Å². The largest absolute Gasteiger partial charge is 0.462 e. The third-order valence-corrected chi connectivity index (χ3v) is 6.16. The van der Waals surface area contributed by atoms with E-state index in [9.17, 15) is 26.4 Å². The number of hydrogen-bond donors (Lipinski definition) is 1. The van der Waals surface area contributed by atoms with E-state index in [0.717, 1.165) is 29.5 Å². The van der Waals surface area contributed by atoms with Gasteiger partial charge in [-0.05, 0) is 44.5 Å². The van der Waals surface area contributed by atoms with Crippen LogP contribution in [0.25, 0.3) is 0 Å². The van der Waals surface area contributed by atoms with E-state index in [1.54, 1.807) is 20.8 Å². The van der Waals surface area contributed by atoms with Gasteiger partial charge in [-0.1, -0.05) is 6.07 Å². The van der Waals surface area contributed by atoms with Gasteiger partial charge in [0.05, 0.1) is 22.6 Å². The molecule has 2 aromatic rings. The Kier molecular flexibility index (Phi) is 5.67. The molecule has 0 aliphatic carbocycles. The van der Waals surface area contributed by atoms with E-state index < -0.39 is 32.6 Å². The molecule has 1 heterocycles. The number of carbonyl (C=O) groups excluding carboxylic acids is 1. The topological polar surface area (TPSA) is 72.5 Å². The Labute approximate surface area is 152 Å². The van der Waals surface area contributed by atoms with Crippen molar-refractivity contribution in [3.63, 3.8) is 0 Å². The van der Waals surface area contributed by atoms with Crippen LogP contribution in [0.1, 0.15) is 33.3 Å². The first kappa shape index (κ1) is 20.2. The number of carbonyl (C=O) groups is 1. The van der Waals surface area contributed by atoms with Gasteiger partial charge in [-0.2, -0.15) is 13.2 Å². The average Bonchev–Trinajstić information content (AvgIpc) is 2.80. The van der Waals surface area contributed by atoms with Crippen LogP contribution in [0.2, 0.25) is 0 Å². The molecule has 0 aliphatic heterocycles. The van der Waals surface area contributed by atoms with Gasteiger partial charge in [0.15, 0.2) is 0 Å². The van der Waals surface area contributed by atoms with Crippen molar-refractivity contribution in [2.75, 3.05) is 11.3 Å². The summed E-state index contributed by atoms with van der Waals surface area (Å²) in [4.78, 5) is 12.2. The predicted molar refractivity (Wildman–Crippen MR) is 92.0 cm³/mol. The van der Waals surface area contributed by atoms with Crippen LogP contribution in [0.5, 0.6) is 0 Å². The fourth-order valence-corrected chi connectivity index (χ4v) is 4.57. The van der Waals surface area contributed by atoms with Gasteiger partial charge in [0.1, 0.15) is 5.00 Å². The van der Waals surface area contributed by atoms with E-state index >= 15 is 0 Å². The molecule has 0 spiro atoms. The first-order valence-electron chi connectivity index (χ1n) is 7.44. The van der Waals surface area contributed by atoms with Crippen LogP contribution in [-0.2, 0) is 20.9 Å². The number of alkyl halides is 3. The Bertz CT molecular complexity index is 933. The summed E-state index contributed by atoms with van der Waals surface area (Å²) in [6.07, 6.45) is -4.67. The molecule has 0 unspecified atom stereocenters. The van der Waals surface area contributed by atoms with Crippen molar-refractivity contribution in [3.8, 4) is 0 Å². The Morgan fingerprint density at radius 2 is 1.92 bits per heavy atom. The van der Waals surface area contributed by atoms with Crippen LogP contribution >= 0.6 is 11.3 Å². The molecule has 0 fully saturated rings. The molecule has 0 aliphatic rings. The molecule has 10 heteroatoms. The van der Waals surface area contributed by atoms with Crippen molar-refractivity contribution >= 4 is 32.3 Å². The van der Waals surface area contributed by atoms with Gasteiger partial charge in [-0.3, -0.25) is 4.72 Å². The SMILES string of the molecule is CCOC(=O)c1c(NS(=O)(=O)c2cccc(C(F)(F)F)c2)sc(C)c1C. The zero-order chi connectivity index (χ0) is 19.7. The average molecular weight is 407 g/mol. The second-order valence-corrected chi connectivity index (χ2v) is 8.25. The lowest BCUT2D eigenvalue weighted by Gasteiger charge is -2.11. The molecule has 26 heavy (non-hydrogen) atoms. The fraction of sp³-hybridized carbons (Fsp3) is 0.312. The quantitative estimate of drug-likeness (QED) is 0.748. The third kappa shape index (κ3) is 4.18. The van der Waals surface area contributed by atoms with E-state index in [1.807, 2.05) is 0 Å². The number of sulfonamides is 1. The van der Waals surface area contributed by atoms with E-state index in [0.29, 0.717) is 16.5 Å². The van der Waals surface area contributed by atoms with Crippen molar-refractivity contribution in [2.24, 2.45) is 0 Å². The number of benzene rings is 1. The molecule has 0 saturated carbocycles. The zero-order valence-corrected chi connectivity index (χ0v) is 15.7. The van der Waals surface area contributed by atoms with Gasteiger partial charge < -0.3 is 4.74 Å². The second-order valence-electron chi connectivity index (χ2n) is 5.34. The van der Waals surface area contributed by atoms with Gasteiger partial charge in [0, 0.05) is 4.88 Å². The first-order valence-corrected chi connectivity index (χ1v) is 9.74. The molecule has 2 rings (SSSR count). The van der Waals surface area contributed by atoms with Crippen molar-refractivity contribution in [3.05, 3.63) is 45.8 Å². The lowest BCUT2D eigenvalue weighted by Crippen LogP contribution is -2.16. The predicted octanol–water partition coefficient (Wildman–Crippen LogP) is 4.36. The zero-order valence-electron chi connectivity index (χ0n) is 14.1. The standard InChI is InChI=1S/C16H16F3NO4S2/c1-4-24-15(21)13-9(2)10(3)25-14(13)20-26(22,23)12-7-5-6-11(8-12)16(17,18)19/h5-8,20H,4H2,1-3H3. The van der Waals surface area contributed by atoms with Crippen LogP contribution in [0.3, 0.4) is 0 Å². The Morgan fingerprint density at radius 3 is 2.50 bits per heavy atom. The summed E-state index contributed by atoms with van der Waals surface area (Å²) in [5.41, 5.74) is -0.468. The minimum atomic E-state index is -4.67. The summed E-state index contributed by atoms with van der Waals surface area (Å²) in [6, 6.07) is 3.38. The number of anilines is 1. The van der Waals surface area contributed by atoms with Gasteiger partial charge >= 0.3 is 12.1 Å². The van der Waals surface area contributed by atoms with Crippen LogP contribution in [-0.4, -0.2) is 21.0 Å². The number of halogens is 3. The minimum Gasteiger partial charge on any atom is -0.462 e. The van der Waals surface area contributed by atoms with E-state index in [1.165, 1.54) is 0 Å². The summed E-state index contributed by atoms with van der Waals surface area (Å²) in [5, 5.41) is 0.0101. The molecule has 0 saturated heterocycles. The summed E-state index contributed by atoms with van der Waals surface area (Å²) in [5.74, 6) is -0.698. The first-order chi connectivity index (χ1) is 12.0. The van der Waals surface area contributed by atoms with Crippen LogP contribution in [0.4, 0.5) is 18.2 Å². The van der Waals surface area contributed by atoms with Gasteiger partial charge in [-0.25, -0.2) is 13.2 Å². The molecule has 1 N–H and O–H groups in total. The van der Waals surface area contributed by atoms with Crippen molar-refractivity contribution < 1.29 is 31.1 Å². The van der Waals surface area contributed by atoms with Gasteiger partial charge in [0.25, 0.3) is 10.0 Å². The third-order valence-electron chi connectivity index (χ3n) is 3.56. The Hall–Kier alpha value is -2.07. The highest BCUT2D eigenvalue weighted by Gasteiger charge is 2.32. The molecule has 0 radical (unpaired) electrons. The number of aryl methyl sites for hydroxylation is 1. The van der Waals surface area contributed by atoms with Crippen LogP contribution in [0.15, 0.2) is 29.2 Å². The number of rotatable bonds is 5. The lowest BCUT2D eigenvalue weighted by molar-refractivity contribution is -0.137. The fourth-order valence-electron chi connectivity index (χ4n) is 2.17. The molecule has 5 nitrogen and oxygen atoms in total. The smallest absolute Gasteiger partial charge is 0.416 e. The Morgan fingerprint density at radius 1 is 1.27 bits per heavy atom. The maximum Gasteiger partial charge on any atom is 0.416 e. The molecular weight excluding hydrogens is 391 g/mol. The lowest BCUT2D eigenvalue weighted by atomic mass is 10.2.